The number of rotatable bonds is 8. The highest BCUT2D eigenvalue weighted by Crippen LogP contribution is 2.41. The third-order valence-corrected chi connectivity index (χ3v) is 6.26. The zero-order valence-electron chi connectivity index (χ0n) is 16.8. The molecule has 28 heavy (non-hydrogen) atoms. The van der Waals surface area contributed by atoms with Crippen LogP contribution in [0.4, 0.5) is 0 Å². The van der Waals surface area contributed by atoms with E-state index in [4.69, 9.17) is 0 Å². The average molecular weight is 404 g/mol. The van der Waals surface area contributed by atoms with E-state index < -0.39 is 11.7 Å². The van der Waals surface area contributed by atoms with Crippen molar-refractivity contribution in [3.63, 3.8) is 0 Å². The van der Waals surface area contributed by atoms with Crippen molar-refractivity contribution < 1.29 is 27.9 Å². The maximum atomic E-state index is 11.7. The summed E-state index contributed by atoms with van der Waals surface area (Å²) in [5.41, 5.74) is 1.23. The number of hydrogen-bond donors (Lipinski definition) is 3. The predicted octanol–water partition coefficient (Wildman–Crippen LogP) is 0.534. The van der Waals surface area contributed by atoms with Gasteiger partial charge in [-0.05, 0) is 36.8 Å². The monoisotopic (exact) mass is 403 g/mol. The second kappa shape index (κ2) is 11.0. The van der Waals surface area contributed by atoms with Gasteiger partial charge in [-0.25, -0.2) is 0 Å². The fraction of sp³-hybridized carbons (Fsp3) is 0.500. The SMILES string of the molecule is CC([NH2+]CCC(O)(c1ccccc1)C1CCCCC1)C(O)c1ccccc1.[Cl-]. The molecule has 2 aromatic rings. The molecule has 0 amide bonds. The van der Waals surface area contributed by atoms with Gasteiger partial charge in [0.05, 0.1) is 12.1 Å². The molecule has 4 N–H and O–H groups in total. The van der Waals surface area contributed by atoms with Crippen LogP contribution >= 0.6 is 0 Å². The van der Waals surface area contributed by atoms with Gasteiger partial charge in [0.15, 0.2) is 0 Å². The molecule has 154 valence electrons. The molecule has 1 saturated carbocycles. The summed E-state index contributed by atoms with van der Waals surface area (Å²) in [6.07, 6.45) is 6.15. The quantitative estimate of drug-likeness (QED) is 0.602. The van der Waals surface area contributed by atoms with E-state index in [9.17, 15) is 10.2 Å². The lowest BCUT2D eigenvalue weighted by Crippen LogP contribution is -3.00. The summed E-state index contributed by atoms with van der Waals surface area (Å²) < 4.78 is 0. The Labute approximate surface area is 175 Å². The topological polar surface area (TPSA) is 57.1 Å². The first-order chi connectivity index (χ1) is 13.1. The van der Waals surface area contributed by atoms with Gasteiger partial charge < -0.3 is 27.9 Å². The van der Waals surface area contributed by atoms with E-state index in [1.165, 1.54) is 19.3 Å². The number of nitrogens with two attached hydrogens (primary N) is 1. The summed E-state index contributed by atoms with van der Waals surface area (Å²) in [6, 6.07) is 20.1. The molecule has 0 aliphatic heterocycles. The van der Waals surface area contributed by atoms with Crippen molar-refractivity contribution in [3.05, 3.63) is 71.8 Å². The first-order valence-electron chi connectivity index (χ1n) is 10.5. The summed E-state index contributed by atoms with van der Waals surface area (Å²) >= 11 is 0. The van der Waals surface area contributed by atoms with Crippen LogP contribution in [-0.4, -0.2) is 22.8 Å². The molecule has 0 bridgehead atoms. The lowest BCUT2D eigenvalue weighted by Gasteiger charge is -2.39. The average Bonchev–Trinajstić information content (AvgIpc) is 2.75. The normalized spacial score (nSPS) is 19.2. The summed E-state index contributed by atoms with van der Waals surface area (Å²) in [7, 11) is 0. The van der Waals surface area contributed by atoms with Crippen molar-refractivity contribution in [3.8, 4) is 0 Å². The predicted molar refractivity (Wildman–Crippen MR) is 109 cm³/mol. The summed E-state index contributed by atoms with van der Waals surface area (Å²) in [5, 5.41) is 24.5. The second-order valence-corrected chi connectivity index (χ2v) is 8.11. The molecule has 4 heteroatoms. The maximum absolute atomic E-state index is 11.7. The van der Waals surface area contributed by atoms with Crippen LogP contribution in [0.2, 0.25) is 0 Å². The summed E-state index contributed by atoms with van der Waals surface area (Å²) in [5.74, 6) is 0.330. The molecule has 3 nitrogen and oxygen atoms in total. The minimum absolute atomic E-state index is 0. The number of benzene rings is 2. The first-order valence-corrected chi connectivity index (χ1v) is 10.5. The van der Waals surface area contributed by atoms with Crippen LogP contribution in [0.1, 0.15) is 62.7 Å². The van der Waals surface area contributed by atoms with E-state index in [0.29, 0.717) is 12.3 Å². The molecule has 1 fully saturated rings. The van der Waals surface area contributed by atoms with E-state index in [0.717, 1.165) is 30.5 Å². The minimum Gasteiger partial charge on any atom is -1.00 e. The maximum Gasteiger partial charge on any atom is 0.130 e. The molecule has 1 aliphatic rings. The van der Waals surface area contributed by atoms with Crippen molar-refractivity contribution >= 4 is 0 Å². The van der Waals surface area contributed by atoms with Crippen molar-refractivity contribution in [2.75, 3.05) is 6.54 Å². The lowest BCUT2D eigenvalue weighted by atomic mass is 9.71. The largest absolute Gasteiger partial charge is 1.00 e. The Kier molecular flexibility index (Phi) is 8.97. The van der Waals surface area contributed by atoms with Crippen LogP contribution in [-0.2, 0) is 5.60 Å². The highest BCUT2D eigenvalue weighted by molar-refractivity contribution is 5.23. The van der Waals surface area contributed by atoms with Crippen LogP contribution in [0.5, 0.6) is 0 Å². The van der Waals surface area contributed by atoms with Crippen molar-refractivity contribution in [1.29, 1.82) is 0 Å². The van der Waals surface area contributed by atoms with Crippen LogP contribution in [0.15, 0.2) is 60.7 Å². The van der Waals surface area contributed by atoms with E-state index >= 15 is 0 Å². The summed E-state index contributed by atoms with van der Waals surface area (Å²) in [4.78, 5) is 0. The van der Waals surface area contributed by atoms with Crippen LogP contribution in [0.25, 0.3) is 0 Å². The highest BCUT2D eigenvalue weighted by Gasteiger charge is 2.39. The van der Waals surface area contributed by atoms with E-state index in [1.54, 1.807) is 0 Å². The smallest absolute Gasteiger partial charge is 0.130 e. The molecule has 2 aromatic carbocycles. The molecule has 3 unspecified atom stereocenters. The number of aliphatic hydroxyl groups is 2. The molecule has 0 spiro atoms. The van der Waals surface area contributed by atoms with Gasteiger partial charge in [0.2, 0.25) is 0 Å². The number of halogens is 1. The van der Waals surface area contributed by atoms with Gasteiger partial charge >= 0.3 is 0 Å². The Morgan fingerprint density at radius 1 is 0.964 bits per heavy atom. The minimum atomic E-state index is -0.768. The molecular weight excluding hydrogens is 370 g/mol. The van der Waals surface area contributed by atoms with Gasteiger partial charge in [-0.15, -0.1) is 0 Å². The highest BCUT2D eigenvalue weighted by atomic mass is 35.5. The zero-order chi connectivity index (χ0) is 19.1. The molecule has 0 aromatic heterocycles. The zero-order valence-corrected chi connectivity index (χ0v) is 17.6. The van der Waals surface area contributed by atoms with Gasteiger partial charge in [-0.1, -0.05) is 79.9 Å². The van der Waals surface area contributed by atoms with Gasteiger partial charge in [0.1, 0.15) is 12.1 Å². The third-order valence-electron chi connectivity index (χ3n) is 6.26. The van der Waals surface area contributed by atoms with E-state index in [1.807, 2.05) is 48.5 Å². The van der Waals surface area contributed by atoms with Crippen LogP contribution < -0.4 is 17.7 Å². The molecule has 0 saturated heterocycles. The lowest BCUT2D eigenvalue weighted by molar-refractivity contribution is -0.696. The van der Waals surface area contributed by atoms with Gasteiger partial charge in [0.25, 0.3) is 0 Å². The molecule has 0 radical (unpaired) electrons. The number of quaternary nitrogens is 1. The van der Waals surface area contributed by atoms with Gasteiger partial charge in [-0.3, -0.25) is 0 Å². The van der Waals surface area contributed by atoms with Crippen molar-refractivity contribution in [2.45, 2.75) is 63.2 Å². The fourth-order valence-electron chi connectivity index (χ4n) is 4.54. The molecule has 3 atom stereocenters. The second-order valence-electron chi connectivity index (χ2n) is 8.11. The van der Waals surface area contributed by atoms with Crippen LogP contribution in [0.3, 0.4) is 0 Å². The van der Waals surface area contributed by atoms with E-state index in [2.05, 4.69) is 24.4 Å². The number of aliphatic hydroxyl groups excluding tert-OH is 1. The number of hydrogen-bond acceptors (Lipinski definition) is 2. The Morgan fingerprint density at radius 2 is 1.54 bits per heavy atom. The Bertz CT molecular complexity index is 676. The first kappa shape index (κ1) is 22.9. The molecule has 1 aliphatic carbocycles. The Morgan fingerprint density at radius 3 is 2.14 bits per heavy atom. The molecular formula is C24H34ClNO2. The van der Waals surface area contributed by atoms with Crippen LogP contribution in [0, 0.1) is 5.92 Å². The van der Waals surface area contributed by atoms with E-state index in [-0.39, 0.29) is 18.4 Å². The third kappa shape index (κ3) is 5.57. The molecule has 0 heterocycles. The Hall–Kier alpha value is -1.39. The van der Waals surface area contributed by atoms with Crippen molar-refractivity contribution in [2.24, 2.45) is 5.92 Å². The Balaban J connectivity index is 0.00000280. The van der Waals surface area contributed by atoms with Crippen molar-refractivity contribution in [1.82, 2.24) is 0 Å². The summed E-state index contributed by atoms with van der Waals surface area (Å²) in [6.45, 7) is 2.85. The van der Waals surface area contributed by atoms with Gasteiger partial charge in [-0.2, -0.15) is 0 Å². The standard InChI is InChI=1S/C24H33NO2.ClH/c1-19(23(26)20-11-5-2-6-12-20)25-18-17-24(27,21-13-7-3-8-14-21)22-15-9-4-10-16-22;/h2-3,5-8,11-14,19,22-23,25-27H,4,9-10,15-18H2,1H3;1H. The van der Waals surface area contributed by atoms with Gasteiger partial charge in [0, 0.05) is 6.42 Å². The molecule has 3 rings (SSSR count). The fourth-order valence-corrected chi connectivity index (χ4v) is 4.54.